The van der Waals surface area contributed by atoms with Crippen molar-refractivity contribution in [1.82, 2.24) is 19.9 Å². The molecule has 0 bridgehead atoms. The zero-order chi connectivity index (χ0) is 18.1. The third kappa shape index (κ3) is 3.56. The summed E-state index contributed by atoms with van der Waals surface area (Å²) in [6.07, 6.45) is 5.94. The van der Waals surface area contributed by atoms with Crippen LogP contribution < -0.4 is 11.1 Å². The van der Waals surface area contributed by atoms with E-state index in [0.29, 0.717) is 23.9 Å². The van der Waals surface area contributed by atoms with Crippen molar-refractivity contribution in [2.75, 3.05) is 13.1 Å². The van der Waals surface area contributed by atoms with Crippen LogP contribution in [-0.4, -0.2) is 33.5 Å². The first-order valence-corrected chi connectivity index (χ1v) is 8.82. The van der Waals surface area contributed by atoms with Gasteiger partial charge >= 0.3 is 0 Å². The Morgan fingerprint density at radius 1 is 1.19 bits per heavy atom. The lowest BCUT2D eigenvalue weighted by Crippen LogP contribution is -2.39. The van der Waals surface area contributed by atoms with Gasteiger partial charge in [0.15, 0.2) is 0 Å². The summed E-state index contributed by atoms with van der Waals surface area (Å²) in [5, 5.41) is 3.37. The van der Waals surface area contributed by atoms with Gasteiger partial charge in [0.25, 0.3) is 5.91 Å². The Balaban J connectivity index is 0.00000210. The maximum atomic E-state index is 12.5. The predicted molar refractivity (Wildman–Crippen MR) is 108 cm³/mol. The van der Waals surface area contributed by atoms with Crippen LogP contribution in [0.5, 0.6) is 0 Å². The number of nitrogens with one attached hydrogen (secondary N) is 1. The van der Waals surface area contributed by atoms with Gasteiger partial charge in [-0.15, -0.1) is 12.4 Å². The highest BCUT2D eigenvalue weighted by molar-refractivity contribution is 6.29. The number of aromatic nitrogens is 3. The van der Waals surface area contributed by atoms with E-state index in [1.807, 2.05) is 30.3 Å². The SMILES string of the molecule is Cl.NCCC1CNC(=O)c2cc(-c3ccnc(Cl)c3)c(-c3ccncc3)n21. The van der Waals surface area contributed by atoms with Crippen molar-refractivity contribution in [2.24, 2.45) is 5.73 Å². The van der Waals surface area contributed by atoms with E-state index in [0.717, 1.165) is 28.8 Å². The molecule has 4 rings (SSSR count). The minimum Gasteiger partial charge on any atom is -0.349 e. The molecule has 4 heterocycles. The molecule has 1 aliphatic heterocycles. The maximum Gasteiger partial charge on any atom is 0.268 e. The van der Waals surface area contributed by atoms with Crippen LogP contribution in [0.3, 0.4) is 0 Å². The Morgan fingerprint density at radius 3 is 2.63 bits per heavy atom. The Kier molecular flexibility index (Phi) is 5.79. The summed E-state index contributed by atoms with van der Waals surface area (Å²) in [5.41, 5.74) is 10.3. The third-order valence-electron chi connectivity index (χ3n) is 4.62. The largest absolute Gasteiger partial charge is 0.349 e. The number of halogens is 2. The Bertz CT molecular complexity index is 958. The van der Waals surface area contributed by atoms with Gasteiger partial charge < -0.3 is 15.6 Å². The average Bonchev–Trinajstić information content (AvgIpc) is 3.07. The molecular formula is C19H19Cl2N5O. The lowest BCUT2D eigenvalue weighted by Gasteiger charge is -2.28. The highest BCUT2D eigenvalue weighted by Gasteiger charge is 2.30. The van der Waals surface area contributed by atoms with Crippen LogP contribution in [0, 0.1) is 0 Å². The van der Waals surface area contributed by atoms with Crippen molar-refractivity contribution in [2.45, 2.75) is 12.5 Å². The number of rotatable bonds is 4. The summed E-state index contributed by atoms with van der Waals surface area (Å²) in [7, 11) is 0. The summed E-state index contributed by atoms with van der Waals surface area (Å²) in [6, 6.07) is 9.61. The number of nitrogens with zero attached hydrogens (tertiary/aromatic N) is 3. The molecule has 3 aromatic heterocycles. The van der Waals surface area contributed by atoms with Crippen LogP contribution in [0.15, 0.2) is 48.9 Å². The predicted octanol–water partition coefficient (Wildman–Crippen LogP) is 3.32. The van der Waals surface area contributed by atoms with Crippen molar-refractivity contribution < 1.29 is 4.79 Å². The molecule has 0 spiro atoms. The quantitative estimate of drug-likeness (QED) is 0.654. The summed E-state index contributed by atoms with van der Waals surface area (Å²) in [5.74, 6) is -0.0834. The first-order chi connectivity index (χ1) is 12.7. The van der Waals surface area contributed by atoms with Gasteiger partial charge in [0, 0.05) is 36.3 Å². The second kappa shape index (κ2) is 8.08. The molecule has 0 fully saturated rings. The molecule has 0 saturated carbocycles. The van der Waals surface area contributed by atoms with E-state index in [-0.39, 0.29) is 24.4 Å². The number of pyridine rings is 2. The second-order valence-corrected chi connectivity index (χ2v) is 6.59. The van der Waals surface area contributed by atoms with Gasteiger partial charge in [0.1, 0.15) is 10.8 Å². The van der Waals surface area contributed by atoms with Gasteiger partial charge in [-0.3, -0.25) is 9.78 Å². The average molecular weight is 404 g/mol. The van der Waals surface area contributed by atoms with Crippen LogP contribution >= 0.6 is 24.0 Å². The third-order valence-corrected chi connectivity index (χ3v) is 4.83. The van der Waals surface area contributed by atoms with Crippen molar-refractivity contribution in [3.8, 4) is 22.4 Å². The first kappa shape index (κ1) is 19.4. The molecule has 140 valence electrons. The van der Waals surface area contributed by atoms with Gasteiger partial charge in [-0.2, -0.15) is 0 Å². The first-order valence-electron chi connectivity index (χ1n) is 8.45. The van der Waals surface area contributed by atoms with Crippen molar-refractivity contribution >= 4 is 29.9 Å². The Morgan fingerprint density at radius 2 is 1.93 bits per heavy atom. The van der Waals surface area contributed by atoms with Gasteiger partial charge in [0.05, 0.1) is 11.7 Å². The molecule has 1 unspecified atom stereocenters. The van der Waals surface area contributed by atoms with Gasteiger partial charge in [-0.05, 0) is 48.9 Å². The number of nitrogens with two attached hydrogens (primary N) is 1. The van der Waals surface area contributed by atoms with Crippen molar-refractivity contribution in [3.63, 3.8) is 0 Å². The molecule has 1 aliphatic rings. The smallest absolute Gasteiger partial charge is 0.268 e. The zero-order valence-corrected chi connectivity index (χ0v) is 16.0. The van der Waals surface area contributed by atoms with E-state index in [2.05, 4.69) is 19.9 Å². The normalized spacial score (nSPS) is 15.6. The van der Waals surface area contributed by atoms with Gasteiger partial charge in [-0.25, -0.2) is 4.98 Å². The number of carbonyl (C=O) groups is 1. The molecule has 6 nitrogen and oxygen atoms in total. The monoisotopic (exact) mass is 403 g/mol. The molecule has 3 N–H and O–H groups in total. The van der Waals surface area contributed by atoms with E-state index in [1.54, 1.807) is 18.6 Å². The topological polar surface area (TPSA) is 85.8 Å². The van der Waals surface area contributed by atoms with E-state index in [1.165, 1.54) is 0 Å². The van der Waals surface area contributed by atoms with E-state index in [9.17, 15) is 4.79 Å². The van der Waals surface area contributed by atoms with Crippen molar-refractivity contribution in [3.05, 3.63) is 59.8 Å². The number of carbonyl (C=O) groups excluding carboxylic acids is 1. The molecule has 0 aromatic carbocycles. The molecule has 27 heavy (non-hydrogen) atoms. The summed E-state index contributed by atoms with van der Waals surface area (Å²) >= 11 is 6.10. The van der Waals surface area contributed by atoms with E-state index < -0.39 is 0 Å². The number of hydrogen-bond acceptors (Lipinski definition) is 4. The molecule has 1 atom stereocenters. The van der Waals surface area contributed by atoms with E-state index in [4.69, 9.17) is 17.3 Å². The standard InChI is InChI=1S/C19H18ClN5O.ClH/c20-17-9-13(4-8-23-17)15-10-16-19(26)24-11-14(1-5-21)25(16)18(15)12-2-6-22-7-3-12;/h2-4,6-10,14H,1,5,11,21H2,(H,24,26);1H. The number of fused-ring (bicyclic) bond motifs is 1. The van der Waals surface area contributed by atoms with Crippen LogP contribution in [0.1, 0.15) is 23.0 Å². The van der Waals surface area contributed by atoms with Crippen LogP contribution in [0.4, 0.5) is 0 Å². The molecular weight excluding hydrogens is 385 g/mol. The van der Waals surface area contributed by atoms with Crippen LogP contribution in [0.25, 0.3) is 22.4 Å². The minimum atomic E-state index is -0.0834. The lowest BCUT2D eigenvalue weighted by molar-refractivity contribution is 0.0914. The highest BCUT2D eigenvalue weighted by Crippen LogP contribution is 2.39. The van der Waals surface area contributed by atoms with Crippen molar-refractivity contribution in [1.29, 1.82) is 0 Å². The Labute approximate surface area is 168 Å². The maximum absolute atomic E-state index is 12.5. The van der Waals surface area contributed by atoms with Crippen LogP contribution in [0.2, 0.25) is 5.15 Å². The minimum absolute atomic E-state index is 0. The fourth-order valence-corrected chi connectivity index (χ4v) is 3.66. The van der Waals surface area contributed by atoms with Gasteiger partial charge in [-0.1, -0.05) is 11.6 Å². The molecule has 8 heteroatoms. The van der Waals surface area contributed by atoms with E-state index >= 15 is 0 Å². The highest BCUT2D eigenvalue weighted by atomic mass is 35.5. The summed E-state index contributed by atoms with van der Waals surface area (Å²) < 4.78 is 2.10. The summed E-state index contributed by atoms with van der Waals surface area (Å²) in [4.78, 5) is 20.7. The van der Waals surface area contributed by atoms with Gasteiger partial charge in [0.2, 0.25) is 0 Å². The molecule has 1 amide bonds. The number of amides is 1. The Hall–Kier alpha value is -2.41. The lowest BCUT2D eigenvalue weighted by atomic mass is 10.0. The molecule has 0 saturated heterocycles. The number of hydrogen-bond donors (Lipinski definition) is 2. The molecule has 3 aromatic rings. The fourth-order valence-electron chi connectivity index (χ4n) is 3.49. The zero-order valence-electron chi connectivity index (χ0n) is 14.4. The van der Waals surface area contributed by atoms with Crippen LogP contribution in [-0.2, 0) is 0 Å². The fraction of sp³-hybridized carbons (Fsp3) is 0.211. The summed E-state index contributed by atoms with van der Waals surface area (Å²) in [6.45, 7) is 1.11. The second-order valence-electron chi connectivity index (χ2n) is 6.21. The molecule has 0 radical (unpaired) electrons. The molecule has 0 aliphatic carbocycles.